The monoisotopic (exact) mass is 677 g/mol. The maximum absolute atomic E-state index is 14.5. The van der Waals surface area contributed by atoms with E-state index >= 15 is 0 Å². The molecule has 1 saturated carbocycles. The molecule has 2 aliphatic rings. The second-order valence-electron chi connectivity index (χ2n) is 14.4. The molecule has 2 heterocycles. The molecule has 2 amide bonds. The number of aryl methyl sites for hydroxylation is 2. The molecule has 0 radical (unpaired) electrons. The van der Waals surface area contributed by atoms with Gasteiger partial charge in [-0.1, -0.05) is 45.0 Å². The Labute approximate surface area is 284 Å². The van der Waals surface area contributed by atoms with Gasteiger partial charge < -0.3 is 19.3 Å². The summed E-state index contributed by atoms with van der Waals surface area (Å²) in [6.07, 6.45) is 3.26. The number of amides is 2. The standard InChI is InChI=1S/C36H47N5O6S/c1-23-10-8-11-24(2)32(23)30-19-31-38-34(37-30)39-48(44,45)29-13-9-12-26(18-29)33(42)41(28(22-46-31)20-36(3,4)5)27-16-14-25(15-17-27)21-47-35(43)40(6)7/h8-13,18-19,25,27-28H,14-17,20-22H2,1-7H3,(H,37,38,39)/t25?,27?,28-/m1/s1. The molecule has 1 N–H and O–H groups in total. The third-order valence-electron chi connectivity index (χ3n) is 8.97. The Morgan fingerprint density at radius 3 is 2.33 bits per heavy atom. The number of benzene rings is 2. The van der Waals surface area contributed by atoms with Gasteiger partial charge in [-0.15, -0.1) is 0 Å². The SMILES string of the molecule is Cc1cccc(C)c1-c1cc2nc(n1)NS(=O)(=O)c1cccc(c1)C(=O)N(C1CCC(COC(=O)N(C)C)CC1)[C@H](CC(C)(C)C)CO2. The van der Waals surface area contributed by atoms with Gasteiger partial charge in [-0.25, -0.2) is 22.9 Å². The molecule has 258 valence electrons. The second-order valence-corrected chi connectivity index (χ2v) is 16.1. The van der Waals surface area contributed by atoms with E-state index < -0.39 is 10.0 Å². The number of carbonyl (C=O) groups excluding carboxylic acids is 2. The number of hydrogen-bond donors (Lipinski definition) is 1. The molecule has 0 unspecified atom stereocenters. The zero-order valence-electron chi connectivity index (χ0n) is 28.9. The predicted molar refractivity (Wildman–Crippen MR) is 184 cm³/mol. The maximum atomic E-state index is 14.5. The lowest BCUT2D eigenvalue weighted by Crippen LogP contribution is -2.52. The number of fused-ring (bicyclic) bond motifs is 4. The van der Waals surface area contributed by atoms with Gasteiger partial charge in [0.2, 0.25) is 11.8 Å². The number of ether oxygens (including phenoxy) is 2. The molecule has 0 saturated heterocycles. The molecule has 1 atom stereocenters. The van der Waals surface area contributed by atoms with Gasteiger partial charge in [0.15, 0.2) is 0 Å². The highest BCUT2D eigenvalue weighted by atomic mass is 32.2. The predicted octanol–water partition coefficient (Wildman–Crippen LogP) is 6.46. The zero-order valence-corrected chi connectivity index (χ0v) is 29.8. The van der Waals surface area contributed by atoms with Crippen molar-refractivity contribution in [3.8, 4) is 17.1 Å². The van der Waals surface area contributed by atoms with Gasteiger partial charge in [0.05, 0.1) is 23.2 Å². The fourth-order valence-electron chi connectivity index (χ4n) is 6.68. The average molecular weight is 678 g/mol. The van der Waals surface area contributed by atoms with Crippen LogP contribution in [-0.2, 0) is 14.8 Å². The van der Waals surface area contributed by atoms with Crippen LogP contribution in [0, 0.1) is 25.2 Å². The molecular formula is C36H47N5O6S. The van der Waals surface area contributed by atoms with Crippen molar-refractivity contribution >= 4 is 28.0 Å². The highest BCUT2D eigenvalue weighted by Gasteiger charge is 2.37. The zero-order chi connectivity index (χ0) is 34.8. The van der Waals surface area contributed by atoms with Gasteiger partial charge in [0.25, 0.3) is 15.9 Å². The fourth-order valence-corrected chi connectivity index (χ4v) is 7.67. The van der Waals surface area contributed by atoms with E-state index in [2.05, 4.69) is 35.5 Å². The van der Waals surface area contributed by atoms with E-state index in [4.69, 9.17) is 9.47 Å². The summed E-state index contributed by atoms with van der Waals surface area (Å²) in [5, 5.41) is 0. The molecule has 3 aromatic rings. The van der Waals surface area contributed by atoms with Crippen molar-refractivity contribution in [3.05, 3.63) is 65.2 Å². The molecule has 2 aromatic carbocycles. The van der Waals surface area contributed by atoms with E-state index in [-0.39, 0.29) is 64.3 Å². The van der Waals surface area contributed by atoms with Crippen molar-refractivity contribution in [3.63, 3.8) is 0 Å². The number of carbonyl (C=O) groups is 2. The van der Waals surface area contributed by atoms with Crippen molar-refractivity contribution in [2.24, 2.45) is 11.3 Å². The van der Waals surface area contributed by atoms with E-state index in [0.29, 0.717) is 31.6 Å². The summed E-state index contributed by atoms with van der Waals surface area (Å²) in [6.45, 7) is 10.8. The Morgan fingerprint density at radius 2 is 1.69 bits per heavy atom. The van der Waals surface area contributed by atoms with Crippen molar-refractivity contribution in [2.45, 2.75) is 83.7 Å². The Hall–Kier alpha value is -4.19. The quantitative estimate of drug-likeness (QED) is 0.326. The van der Waals surface area contributed by atoms with Crippen LogP contribution in [-0.4, -0.2) is 79.6 Å². The molecule has 1 aliphatic heterocycles. The largest absolute Gasteiger partial charge is 0.475 e. The average Bonchev–Trinajstić information content (AvgIpc) is 3.02. The van der Waals surface area contributed by atoms with Crippen LogP contribution in [0.2, 0.25) is 0 Å². The molecular weight excluding hydrogens is 630 g/mol. The van der Waals surface area contributed by atoms with Gasteiger partial charge >= 0.3 is 6.09 Å². The highest BCUT2D eigenvalue weighted by molar-refractivity contribution is 7.92. The Kier molecular flexibility index (Phi) is 10.3. The maximum Gasteiger partial charge on any atom is 0.409 e. The Balaban J connectivity index is 1.56. The first-order valence-electron chi connectivity index (χ1n) is 16.5. The number of aromatic nitrogens is 2. The van der Waals surface area contributed by atoms with E-state index in [1.165, 1.54) is 17.0 Å². The van der Waals surface area contributed by atoms with E-state index in [0.717, 1.165) is 29.5 Å². The lowest BCUT2D eigenvalue weighted by atomic mass is 9.82. The van der Waals surface area contributed by atoms with Crippen LogP contribution in [0.25, 0.3) is 11.3 Å². The summed E-state index contributed by atoms with van der Waals surface area (Å²) >= 11 is 0. The summed E-state index contributed by atoms with van der Waals surface area (Å²) in [5.74, 6) is 0.0409. The van der Waals surface area contributed by atoms with E-state index in [1.807, 2.05) is 36.9 Å². The number of sulfonamides is 1. The van der Waals surface area contributed by atoms with Crippen molar-refractivity contribution in [1.82, 2.24) is 19.8 Å². The number of nitrogens with zero attached hydrogens (tertiary/aromatic N) is 4. The van der Waals surface area contributed by atoms with Gasteiger partial charge in [-0.05, 0) is 86.6 Å². The van der Waals surface area contributed by atoms with Crippen LogP contribution >= 0.6 is 0 Å². The third kappa shape index (κ3) is 8.26. The smallest absolute Gasteiger partial charge is 0.409 e. The first-order chi connectivity index (χ1) is 22.6. The minimum Gasteiger partial charge on any atom is -0.475 e. The summed E-state index contributed by atoms with van der Waals surface area (Å²) in [6, 6.07) is 13.3. The highest BCUT2D eigenvalue weighted by Crippen LogP contribution is 2.35. The van der Waals surface area contributed by atoms with Crippen LogP contribution in [0.5, 0.6) is 5.88 Å². The summed E-state index contributed by atoms with van der Waals surface area (Å²) in [4.78, 5) is 38.9. The lowest BCUT2D eigenvalue weighted by molar-refractivity contribution is 0.0249. The van der Waals surface area contributed by atoms with Gasteiger partial charge in [0.1, 0.15) is 6.61 Å². The molecule has 1 aromatic heterocycles. The molecule has 12 heteroatoms. The van der Waals surface area contributed by atoms with E-state index in [9.17, 15) is 18.0 Å². The van der Waals surface area contributed by atoms with Crippen LogP contribution < -0.4 is 9.46 Å². The minimum atomic E-state index is -4.16. The summed E-state index contributed by atoms with van der Waals surface area (Å²) in [5.41, 5.74) is 3.48. The Morgan fingerprint density at radius 1 is 1.02 bits per heavy atom. The molecule has 48 heavy (non-hydrogen) atoms. The number of rotatable bonds is 5. The molecule has 1 fully saturated rings. The Bertz CT molecular complexity index is 1740. The minimum absolute atomic E-state index is 0.0603. The van der Waals surface area contributed by atoms with Crippen LogP contribution in [0.15, 0.2) is 53.4 Å². The lowest BCUT2D eigenvalue weighted by Gasteiger charge is -2.43. The molecule has 1 aliphatic carbocycles. The van der Waals surface area contributed by atoms with Crippen LogP contribution in [0.3, 0.4) is 0 Å². The fraction of sp³-hybridized carbons (Fsp3) is 0.500. The molecule has 11 nitrogen and oxygen atoms in total. The van der Waals surface area contributed by atoms with Gasteiger partial charge in [0, 0.05) is 37.3 Å². The number of anilines is 1. The van der Waals surface area contributed by atoms with Crippen molar-refractivity contribution < 1.29 is 27.5 Å². The molecule has 0 spiro atoms. The van der Waals surface area contributed by atoms with Crippen LogP contribution in [0.4, 0.5) is 10.7 Å². The summed E-state index contributed by atoms with van der Waals surface area (Å²) in [7, 11) is -0.845. The number of hydrogen-bond acceptors (Lipinski definition) is 8. The van der Waals surface area contributed by atoms with Crippen LogP contribution in [0.1, 0.15) is 74.4 Å². The molecule has 4 bridgehead atoms. The number of nitrogens with one attached hydrogen (secondary N) is 1. The van der Waals surface area contributed by atoms with Gasteiger partial charge in [-0.2, -0.15) is 4.98 Å². The van der Waals surface area contributed by atoms with Crippen molar-refractivity contribution in [1.29, 1.82) is 0 Å². The second kappa shape index (κ2) is 14.1. The summed E-state index contributed by atoms with van der Waals surface area (Å²) < 4.78 is 41.8. The first kappa shape index (κ1) is 35.1. The van der Waals surface area contributed by atoms with Gasteiger partial charge in [-0.3, -0.25) is 4.79 Å². The topological polar surface area (TPSA) is 131 Å². The first-order valence-corrected chi connectivity index (χ1v) is 18.0. The van der Waals surface area contributed by atoms with Crippen molar-refractivity contribution in [2.75, 3.05) is 32.0 Å². The normalized spacial score (nSPS) is 21.1. The third-order valence-corrected chi connectivity index (χ3v) is 10.3. The molecule has 5 rings (SSSR count). The van der Waals surface area contributed by atoms with E-state index in [1.54, 1.807) is 32.3 Å².